The monoisotopic (exact) mass is 185 g/mol. The van der Waals surface area contributed by atoms with Gasteiger partial charge < -0.3 is 16.2 Å². The lowest BCUT2D eigenvalue weighted by atomic mass is 9.86. The van der Waals surface area contributed by atoms with Gasteiger partial charge in [-0.15, -0.1) is 0 Å². The normalized spacial score (nSPS) is 30.2. The molecule has 0 saturated heterocycles. The predicted molar refractivity (Wildman–Crippen MR) is 53.5 cm³/mol. The molecule has 4 heteroatoms. The summed E-state index contributed by atoms with van der Waals surface area (Å²) < 4.78 is 0. The molecule has 1 rings (SSSR count). The number of guanidine groups is 1. The first-order valence-corrected chi connectivity index (χ1v) is 4.88. The van der Waals surface area contributed by atoms with Crippen LogP contribution in [-0.2, 0) is 0 Å². The quantitative estimate of drug-likeness (QED) is 0.421. The number of aliphatic imine (C=N–C) groups is 1. The number of hydrogen-bond donors (Lipinski definition) is 3. The molecule has 0 aliphatic heterocycles. The number of nitrogens with one attached hydrogen (secondary N) is 1. The summed E-state index contributed by atoms with van der Waals surface area (Å²) in [6.07, 6.45) is 4.22. The highest BCUT2D eigenvalue weighted by Crippen LogP contribution is 2.23. The topological polar surface area (TPSA) is 70.6 Å². The summed E-state index contributed by atoms with van der Waals surface area (Å²) in [6, 6.07) is 0. The van der Waals surface area contributed by atoms with Crippen molar-refractivity contribution in [2.24, 2.45) is 16.6 Å². The number of hydrogen-bond acceptors (Lipinski definition) is 2. The minimum absolute atomic E-state index is 0.161. The zero-order chi connectivity index (χ0) is 9.68. The van der Waals surface area contributed by atoms with Gasteiger partial charge in [-0.25, -0.2) is 0 Å². The maximum atomic E-state index is 9.63. The van der Waals surface area contributed by atoms with Crippen LogP contribution >= 0.6 is 0 Å². The number of aliphatic hydroxyl groups excluding tert-OH is 1. The molecule has 0 heterocycles. The smallest absolute Gasteiger partial charge is 0.188 e. The van der Waals surface area contributed by atoms with E-state index < -0.39 is 0 Å². The van der Waals surface area contributed by atoms with E-state index in [2.05, 4.69) is 10.3 Å². The Morgan fingerprint density at radius 3 is 2.85 bits per heavy atom. The van der Waals surface area contributed by atoms with Crippen LogP contribution in [0.4, 0.5) is 0 Å². The van der Waals surface area contributed by atoms with Crippen molar-refractivity contribution in [3.63, 3.8) is 0 Å². The molecule has 0 amide bonds. The van der Waals surface area contributed by atoms with Crippen molar-refractivity contribution >= 4 is 5.96 Å². The van der Waals surface area contributed by atoms with Crippen molar-refractivity contribution in [3.05, 3.63) is 0 Å². The van der Waals surface area contributed by atoms with E-state index in [9.17, 15) is 5.11 Å². The molecule has 1 aliphatic rings. The van der Waals surface area contributed by atoms with Crippen molar-refractivity contribution in [1.82, 2.24) is 5.32 Å². The van der Waals surface area contributed by atoms with Gasteiger partial charge in [0.15, 0.2) is 5.96 Å². The largest absolute Gasteiger partial charge is 0.393 e. The number of rotatable bonds is 2. The first kappa shape index (κ1) is 10.3. The summed E-state index contributed by atoms with van der Waals surface area (Å²) in [4.78, 5) is 3.80. The van der Waals surface area contributed by atoms with Crippen molar-refractivity contribution < 1.29 is 5.11 Å². The lowest BCUT2D eigenvalue weighted by Gasteiger charge is -2.27. The maximum Gasteiger partial charge on any atom is 0.188 e. The Bertz CT molecular complexity index is 182. The van der Waals surface area contributed by atoms with Crippen LogP contribution in [0.1, 0.15) is 25.7 Å². The average Bonchev–Trinajstić information content (AvgIpc) is 2.16. The van der Waals surface area contributed by atoms with E-state index in [0.717, 1.165) is 25.8 Å². The molecular weight excluding hydrogens is 166 g/mol. The Morgan fingerprint density at radius 1 is 1.54 bits per heavy atom. The van der Waals surface area contributed by atoms with Crippen molar-refractivity contribution in [1.29, 1.82) is 0 Å². The van der Waals surface area contributed by atoms with E-state index >= 15 is 0 Å². The van der Waals surface area contributed by atoms with Crippen LogP contribution in [0.2, 0.25) is 0 Å². The molecule has 13 heavy (non-hydrogen) atoms. The van der Waals surface area contributed by atoms with E-state index in [-0.39, 0.29) is 6.10 Å². The van der Waals surface area contributed by atoms with Gasteiger partial charge in [-0.05, 0) is 12.8 Å². The van der Waals surface area contributed by atoms with Gasteiger partial charge in [0.2, 0.25) is 0 Å². The van der Waals surface area contributed by atoms with Crippen molar-refractivity contribution in [2.75, 3.05) is 13.6 Å². The molecular formula is C9H19N3O. The van der Waals surface area contributed by atoms with E-state index in [1.54, 1.807) is 7.05 Å². The Labute approximate surface area is 79.2 Å². The van der Waals surface area contributed by atoms with Gasteiger partial charge >= 0.3 is 0 Å². The second-order valence-corrected chi connectivity index (χ2v) is 3.60. The molecule has 1 aliphatic carbocycles. The second kappa shape index (κ2) is 5.07. The van der Waals surface area contributed by atoms with Crippen LogP contribution in [-0.4, -0.2) is 30.8 Å². The molecule has 1 fully saturated rings. The van der Waals surface area contributed by atoms with Crippen LogP contribution < -0.4 is 11.1 Å². The third kappa shape index (κ3) is 3.22. The molecule has 1 saturated carbocycles. The van der Waals surface area contributed by atoms with Crippen LogP contribution in [0.3, 0.4) is 0 Å². The molecule has 2 atom stereocenters. The number of nitrogens with two attached hydrogens (primary N) is 1. The van der Waals surface area contributed by atoms with Crippen LogP contribution in [0.5, 0.6) is 0 Å². The minimum atomic E-state index is -0.161. The Kier molecular flexibility index (Phi) is 4.02. The highest BCUT2D eigenvalue weighted by Gasteiger charge is 2.22. The van der Waals surface area contributed by atoms with Crippen LogP contribution in [0.15, 0.2) is 4.99 Å². The van der Waals surface area contributed by atoms with Gasteiger partial charge in [-0.2, -0.15) is 0 Å². The molecule has 2 unspecified atom stereocenters. The summed E-state index contributed by atoms with van der Waals surface area (Å²) in [5.41, 5.74) is 5.49. The van der Waals surface area contributed by atoms with E-state index in [1.807, 2.05) is 0 Å². The average molecular weight is 185 g/mol. The molecule has 0 aromatic heterocycles. The first-order chi connectivity index (χ1) is 6.24. The molecule has 0 spiro atoms. The third-order valence-electron chi connectivity index (χ3n) is 2.66. The molecule has 4 nitrogen and oxygen atoms in total. The lowest BCUT2D eigenvalue weighted by Crippen LogP contribution is -2.39. The number of nitrogens with zero attached hydrogens (tertiary/aromatic N) is 1. The predicted octanol–water partition coefficient (Wildman–Crippen LogP) is 0.0716. The van der Waals surface area contributed by atoms with Crippen LogP contribution in [0, 0.1) is 5.92 Å². The van der Waals surface area contributed by atoms with E-state index in [0.29, 0.717) is 11.9 Å². The second-order valence-electron chi connectivity index (χ2n) is 3.60. The zero-order valence-electron chi connectivity index (χ0n) is 8.16. The lowest BCUT2D eigenvalue weighted by molar-refractivity contribution is 0.0720. The third-order valence-corrected chi connectivity index (χ3v) is 2.66. The molecule has 0 radical (unpaired) electrons. The fourth-order valence-electron chi connectivity index (χ4n) is 1.74. The molecule has 0 aromatic carbocycles. The fraction of sp³-hybridized carbons (Fsp3) is 0.889. The minimum Gasteiger partial charge on any atom is -0.393 e. The highest BCUT2D eigenvalue weighted by molar-refractivity contribution is 5.77. The summed E-state index contributed by atoms with van der Waals surface area (Å²) in [6.45, 7) is 0.740. The van der Waals surface area contributed by atoms with E-state index in [4.69, 9.17) is 5.73 Å². The van der Waals surface area contributed by atoms with Gasteiger partial charge in [-0.3, -0.25) is 4.99 Å². The molecule has 4 N–H and O–H groups in total. The van der Waals surface area contributed by atoms with E-state index in [1.165, 1.54) is 6.42 Å². The van der Waals surface area contributed by atoms with Gasteiger partial charge in [0, 0.05) is 19.5 Å². The fourth-order valence-corrected chi connectivity index (χ4v) is 1.74. The molecule has 76 valence electrons. The molecule has 0 aromatic rings. The summed E-state index contributed by atoms with van der Waals surface area (Å²) in [5, 5.41) is 12.6. The van der Waals surface area contributed by atoms with Crippen molar-refractivity contribution in [3.8, 4) is 0 Å². The van der Waals surface area contributed by atoms with Crippen LogP contribution in [0.25, 0.3) is 0 Å². The standard InChI is InChI=1S/C9H19N3O/c1-11-9(10)12-6-7-4-2-3-5-8(7)13/h7-8,13H,2-6H2,1H3,(H3,10,11,12). The van der Waals surface area contributed by atoms with Gasteiger partial charge in [0.1, 0.15) is 0 Å². The SMILES string of the molecule is CN=C(N)NCC1CCCCC1O. The van der Waals surface area contributed by atoms with Gasteiger partial charge in [0.05, 0.1) is 6.10 Å². The Morgan fingerprint density at radius 2 is 2.23 bits per heavy atom. The summed E-state index contributed by atoms with van der Waals surface area (Å²) >= 11 is 0. The van der Waals surface area contributed by atoms with Crippen molar-refractivity contribution in [2.45, 2.75) is 31.8 Å². The summed E-state index contributed by atoms with van der Waals surface area (Å²) in [7, 11) is 1.65. The van der Waals surface area contributed by atoms with Gasteiger partial charge in [-0.1, -0.05) is 12.8 Å². The van der Waals surface area contributed by atoms with Gasteiger partial charge in [0.25, 0.3) is 0 Å². The zero-order valence-corrected chi connectivity index (χ0v) is 8.16. The molecule has 0 bridgehead atoms. The maximum absolute atomic E-state index is 9.63. The first-order valence-electron chi connectivity index (χ1n) is 4.88. The number of aliphatic hydroxyl groups is 1. The summed E-state index contributed by atoms with van der Waals surface area (Å²) in [5.74, 6) is 0.798. The highest BCUT2D eigenvalue weighted by atomic mass is 16.3. The Hall–Kier alpha value is -0.770. The Balaban J connectivity index is 2.26.